The SMILES string of the molecule is CCCCCCCCC(CCCCCC)COC(=O)CCSCCC(N)C=NCCN(C)C. The lowest BCUT2D eigenvalue weighted by molar-refractivity contribution is -0.144. The van der Waals surface area contributed by atoms with Gasteiger partial charge >= 0.3 is 5.97 Å². The molecular formula is C27H55N3O2S. The van der Waals surface area contributed by atoms with Crippen molar-refractivity contribution in [2.45, 2.75) is 110 Å². The van der Waals surface area contributed by atoms with Crippen LogP contribution in [0.4, 0.5) is 0 Å². The fourth-order valence-electron chi connectivity index (χ4n) is 3.69. The smallest absolute Gasteiger partial charge is 0.306 e. The largest absolute Gasteiger partial charge is 0.465 e. The van der Waals surface area contributed by atoms with Gasteiger partial charge in [-0.3, -0.25) is 9.79 Å². The Labute approximate surface area is 210 Å². The van der Waals surface area contributed by atoms with Gasteiger partial charge < -0.3 is 15.4 Å². The summed E-state index contributed by atoms with van der Waals surface area (Å²) in [5.74, 6) is 2.25. The molecule has 2 N–H and O–H groups in total. The first-order valence-electron chi connectivity index (χ1n) is 13.6. The van der Waals surface area contributed by atoms with Crippen LogP contribution in [0.15, 0.2) is 4.99 Å². The van der Waals surface area contributed by atoms with Crippen LogP contribution in [0.3, 0.4) is 0 Å². The molecule has 0 saturated carbocycles. The van der Waals surface area contributed by atoms with Crippen LogP contribution in [0.1, 0.15) is 104 Å². The Morgan fingerprint density at radius 2 is 1.55 bits per heavy atom. The number of likely N-dealkylation sites (N-methyl/N-ethyl adjacent to an activating group) is 1. The minimum absolute atomic E-state index is 0.00190. The normalized spacial score (nSPS) is 13.6. The number of carbonyl (C=O) groups is 1. The van der Waals surface area contributed by atoms with E-state index in [9.17, 15) is 4.79 Å². The van der Waals surface area contributed by atoms with E-state index >= 15 is 0 Å². The van der Waals surface area contributed by atoms with E-state index < -0.39 is 0 Å². The van der Waals surface area contributed by atoms with Crippen molar-refractivity contribution >= 4 is 23.9 Å². The van der Waals surface area contributed by atoms with Crippen LogP contribution in [0.25, 0.3) is 0 Å². The van der Waals surface area contributed by atoms with Gasteiger partial charge in [0.2, 0.25) is 0 Å². The second-order valence-corrected chi connectivity index (χ2v) is 10.9. The zero-order chi connectivity index (χ0) is 24.6. The predicted molar refractivity (Wildman–Crippen MR) is 148 cm³/mol. The number of ether oxygens (including phenoxy) is 1. The van der Waals surface area contributed by atoms with Crippen LogP contribution in [0.2, 0.25) is 0 Å². The van der Waals surface area contributed by atoms with Crippen molar-refractivity contribution in [1.29, 1.82) is 0 Å². The molecule has 0 aromatic carbocycles. The van der Waals surface area contributed by atoms with Gasteiger partial charge in [0.05, 0.1) is 19.6 Å². The summed E-state index contributed by atoms with van der Waals surface area (Å²) in [5, 5.41) is 0. The zero-order valence-corrected chi connectivity index (χ0v) is 23.2. The van der Waals surface area contributed by atoms with E-state index in [1.54, 1.807) is 11.8 Å². The Balaban J connectivity index is 3.95. The number of unbranched alkanes of at least 4 members (excludes halogenated alkanes) is 8. The maximum Gasteiger partial charge on any atom is 0.306 e. The summed E-state index contributed by atoms with van der Waals surface area (Å²) in [5.41, 5.74) is 6.08. The molecule has 0 aliphatic carbocycles. The molecule has 5 nitrogen and oxygen atoms in total. The fourth-order valence-corrected chi connectivity index (χ4v) is 4.64. The zero-order valence-electron chi connectivity index (χ0n) is 22.4. The Bertz CT molecular complexity index is 461. The Morgan fingerprint density at radius 3 is 2.18 bits per heavy atom. The van der Waals surface area contributed by atoms with Gasteiger partial charge in [-0.1, -0.05) is 78.1 Å². The lowest BCUT2D eigenvalue weighted by Gasteiger charge is -2.17. The average Bonchev–Trinajstić information content (AvgIpc) is 2.79. The van der Waals surface area contributed by atoms with Gasteiger partial charge in [0.1, 0.15) is 0 Å². The highest BCUT2D eigenvalue weighted by molar-refractivity contribution is 7.99. The van der Waals surface area contributed by atoms with Crippen molar-refractivity contribution < 1.29 is 9.53 Å². The number of nitrogens with zero attached hydrogens (tertiary/aromatic N) is 2. The molecule has 0 rings (SSSR count). The van der Waals surface area contributed by atoms with Crippen molar-refractivity contribution in [3.8, 4) is 0 Å². The first kappa shape index (κ1) is 32.4. The molecule has 0 saturated heterocycles. The van der Waals surface area contributed by atoms with Gasteiger partial charge in [-0.15, -0.1) is 0 Å². The van der Waals surface area contributed by atoms with E-state index in [0.29, 0.717) is 18.9 Å². The standard InChI is InChI=1S/C27H55N3O2S/c1-5-7-9-11-12-14-16-25(15-13-10-8-6-2)24-32-27(31)18-22-33-21-17-26(28)23-29-19-20-30(3)4/h23,25-26H,5-22,24,28H2,1-4H3. The van der Waals surface area contributed by atoms with Crippen LogP contribution < -0.4 is 5.73 Å². The molecule has 2 unspecified atom stereocenters. The van der Waals surface area contributed by atoms with Crippen molar-refractivity contribution in [1.82, 2.24) is 4.90 Å². The average molecular weight is 486 g/mol. The number of carbonyl (C=O) groups excluding carboxylic acids is 1. The molecule has 6 heteroatoms. The monoisotopic (exact) mass is 485 g/mol. The summed E-state index contributed by atoms with van der Waals surface area (Å²) in [6.07, 6.45) is 18.7. The third-order valence-electron chi connectivity index (χ3n) is 5.93. The maximum atomic E-state index is 12.2. The molecule has 0 fully saturated rings. The summed E-state index contributed by atoms with van der Waals surface area (Å²) in [6, 6.07) is 0.00190. The number of aliphatic imine (C=N–C) groups is 1. The highest BCUT2D eigenvalue weighted by Gasteiger charge is 2.12. The predicted octanol–water partition coefficient (Wildman–Crippen LogP) is 6.34. The van der Waals surface area contributed by atoms with E-state index in [1.165, 1.54) is 77.0 Å². The van der Waals surface area contributed by atoms with Crippen molar-refractivity contribution in [3.05, 3.63) is 0 Å². The quantitative estimate of drug-likeness (QED) is 0.0981. The maximum absolute atomic E-state index is 12.2. The third-order valence-corrected chi connectivity index (χ3v) is 6.95. The summed E-state index contributed by atoms with van der Waals surface area (Å²) in [4.78, 5) is 18.7. The van der Waals surface area contributed by atoms with E-state index in [1.807, 2.05) is 20.3 Å². The molecule has 0 amide bonds. The van der Waals surface area contributed by atoms with Crippen LogP contribution in [-0.2, 0) is 9.53 Å². The number of hydrogen-bond donors (Lipinski definition) is 1. The van der Waals surface area contributed by atoms with Crippen molar-refractivity contribution in [2.75, 3.05) is 45.3 Å². The van der Waals surface area contributed by atoms with Crippen LogP contribution in [0.5, 0.6) is 0 Å². The molecule has 0 aromatic heterocycles. The van der Waals surface area contributed by atoms with Gasteiger partial charge in [-0.05, 0) is 45.0 Å². The molecule has 0 aliphatic rings. The molecule has 0 radical (unpaired) electrons. The highest BCUT2D eigenvalue weighted by Crippen LogP contribution is 2.20. The summed E-state index contributed by atoms with van der Waals surface area (Å²) in [6.45, 7) is 6.86. The lowest BCUT2D eigenvalue weighted by atomic mass is 9.95. The van der Waals surface area contributed by atoms with E-state index in [-0.39, 0.29) is 12.0 Å². The molecule has 0 heterocycles. The Kier molecular flexibility index (Phi) is 24.1. The molecular weight excluding hydrogens is 430 g/mol. The van der Waals surface area contributed by atoms with E-state index in [0.717, 1.165) is 31.0 Å². The van der Waals surface area contributed by atoms with E-state index in [4.69, 9.17) is 10.5 Å². The topological polar surface area (TPSA) is 67.9 Å². The Hall–Kier alpha value is -0.590. The minimum atomic E-state index is -0.0430. The van der Waals surface area contributed by atoms with Gasteiger partial charge in [0, 0.05) is 24.6 Å². The number of rotatable bonds is 24. The number of thioether (sulfide) groups is 1. The second kappa shape index (κ2) is 24.5. The number of hydrogen-bond acceptors (Lipinski definition) is 6. The summed E-state index contributed by atoms with van der Waals surface area (Å²) >= 11 is 1.78. The van der Waals surface area contributed by atoms with Crippen molar-refractivity contribution in [2.24, 2.45) is 16.6 Å². The lowest BCUT2D eigenvalue weighted by Crippen LogP contribution is -2.23. The molecule has 0 aromatic rings. The summed E-state index contributed by atoms with van der Waals surface area (Å²) in [7, 11) is 4.08. The second-order valence-electron chi connectivity index (χ2n) is 9.63. The molecule has 2 atom stereocenters. The summed E-state index contributed by atoms with van der Waals surface area (Å²) < 4.78 is 5.67. The fraction of sp³-hybridized carbons (Fsp3) is 0.926. The number of nitrogens with two attached hydrogens (primary N) is 1. The Morgan fingerprint density at radius 1 is 0.939 bits per heavy atom. The van der Waals surface area contributed by atoms with Crippen LogP contribution in [0, 0.1) is 5.92 Å². The van der Waals surface area contributed by atoms with Crippen LogP contribution in [-0.4, -0.2) is 68.4 Å². The van der Waals surface area contributed by atoms with Gasteiger partial charge in [0.15, 0.2) is 0 Å². The van der Waals surface area contributed by atoms with Crippen molar-refractivity contribution in [3.63, 3.8) is 0 Å². The minimum Gasteiger partial charge on any atom is -0.465 e. The molecule has 0 spiro atoms. The molecule has 0 bridgehead atoms. The highest BCUT2D eigenvalue weighted by atomic mass is 32.2. The molecule has 196 valence electrons. The number of esters is 1. The van der Waals surface area contributed by atoms with Gasteiger partial charge in [-0.2, -0.15) is 11.8 Å². The molecule has 0 aliphatic heterocycles. The first-order valence-corrected chi connectivity index (χ1v) is 14.8. The first-order chi connectivity index (χ1) is 16.0. The van der Waals surface area contributed by atoms with Gasteiger partial charge in [-0.25, -0.2) is 0 Å². The molecule has 33 heavy (non-hydrogen) atoms. The van der Waals surface area contributed by atoms with Gasteiger partial charge in [0.25, 0.3) is 0 Å². The van der Waals surface area contributed by atoms with E-state index in [2.05, 4.69) is 23.7 Å². The third kappa shape index (κ3) is 24.3. The van der Waals surface area contributed by atoms with Crippen LogP contribution >= 0.6 is 11.8 Å².